The van der Waals surface area contributed by atoms with E-state index in [1.165, 1.54) is 16.2 Å². The second-order valence-electron chi connectivity index (χ2n) is 7.04. The number of aromatic nitrogens is 2. The van der Waals surface area contributed by atoms with Crippen LogP contribution in [0.4, 0.5) is 0 Å². The summed E-state index contributed by atoms with van der Waals surface area (Å²) in [4.78, 5) is 32.6. The van der Waals surface area contributed by atoms with Crippen LogP contribution in [-0.2, 0) is 0 Å². The zero-order valence-electron chi connectivity index (χ0n) is 15.9. The molecule has 0 N–H and O–H groups in total. The number of hydrogen-bond donors (Lipinski definition) is 0. The fourth-order valence-electron chi connectivity index (χ4n) is 3.84. The summed E-state index contributed by atoms with van der Waals surface area (Å²) in [5.41, 5.74) is 2.29. The molecule has 2 atom stereocenters. The average molecular weight is 363 g/mol. The Bertz CT molecular complexity index is 987. The van der Waals surface area contributed by atoms with E-state index in [0.717, 1.165) is 12.1 Å². The molecule has 3 heterocycles. The van der Waals surface area contributed by atoms with Crippen LogP contribution in [0.15, 0.2) is 66.1 Å². The molecule has 140 valence electrons. The van der Waals surface area contributed by atoms with E-state index in [9.17, 15) is 9.59 Å². The highest BCUT2D eigenvalue weighted by atomic mass is 16.2. The fraction of sp³-hybridized carbons (Fsp3) is 0.318. The maximum absolute atomic E-state index is 13.4. The lowest BCUT2D eigenvalue weighted by Crippen LogP contribution is -2.50. The standard InChI is InChI=1S/C22H25N3O2/c1-5-8-17-12-15(3)13-18(9-6-2)25(17)22(27)19-14-23-20-11-7-10-16(4)24(20)21(19)26/h5-7,10-12,14,17-18H,1-2,8-9,13H2,3-4H3/t17-,18-/m1/s1. The first kappa shape index (κ1) is 18.8. The number of pyridine rings is 1. The SMILES string of the molecule is C=CC[C@@H]1CC(C)=C[C@@H](CC=C)N1C(=O)c1cnc2cccc(C)n2c1=O. The van der Waals surface area contributed by atoms with Crippen LogP contribution in [-0.4, -0.2) is 32.3 Å². The van der Waals surface area contributed by atoms with Crippen molar-refractivity contribution in [3.8, 4) is 0 Å². The van der Waals surface area contributed by atoms with Crippen molar-refractivity contribution in [3.63, 3.8) is 0 Å². The van der Waals surface area contributed by atoms with Gasteiger partial charge < -0.3 is 4.90 Å². The first-order valence-corrected chi connectivity index (χ1v) is 9.17. The normalized spacial score (nSPS) is 19.6. The minimum Gasteiger partial charge on any atom is -0.328 e. The van der Waals surface area contributed by atoms with E-state index in [1.54, 1.807) is 17.0 Å². The first-order chi connectivity index (χ1) is 13.0. The van der Waals surface area contributed by atoms with Gasteiger partial charge in [-0.15, -0.1) is 13.2 Å². The maximum atomic E-state index is 13.4. The lowest BCUT2D eigenvalue weighted by atomic mass is 9.92. The van der Waals surface area contributed by atoms with Crippen LogP contribution in [0.3, 0.4) is 0 Å². The first-order valence-electron chi connectivity index (χ1n) is 9.17. The molecular formula is C22H25N3O2. The molecule has 27 heavy (non-hydrogen) atoms. The van der Waals surface area contributed by atoms with Crippen LogP contribution >= 0.6 is 0 Å². The molecule has 1 amide bonds. The van der Waals surface area contributed by atoms with Crippen molar-refractivity contribution in [2.75, 3.05) is 0 Å². The number of amides is 1. The Kier molecular flexibility index (Phi) is 5.40. The van der Waals surface area contributed by atoms with E-state index < -0.39 is 0 Å². The van der Waals surface area contributed by atoms with E-state index in [4.69, 9.17) is 0 Å². The Hall–Kier alpha value is -2.95. The summed E-state index contributed by atoms with van der Waals surface area (Å²) in [5.74, 6) is -0.285. The van der Waals surface area contributed by atoms with Gasteiger partial charge in [-0.1, -0.05) is 29.9 Å². The number of rotatable bonds is 5. The van der Waals surface area contributed by atoms with E-state index in [1.807, 2.05) is 25.1 Å². The summed E-state index contributed by atoms with van der Waals surface area (Å²) in [6.45, 7) is 11.6. The highest BCUT2D eigenvalue weighted by Crippen LogP contribution is 2.28. The Morgan fingerprint density at radius 2 is 2.00 bits per heavy atom. The number of carbonyl (C=O) groups is 1. The smallest absolute Gasteiger partial charge is 0.270 e. The van der Waals surface area contributed by atoms with Crippen molar-refractivity contribution in [2.45, 2.75) is 45.2 Å². The summed E-state index contributed by atoms with van der Waals surface area (Å²) in [6.07, 6.45) is 9.21. The van der Waals surface area contributed by atoms with Crippen molar-refractivity contribution < 1.29 is 4.79 Å². The van der Waals surface area contributed by atoms with Crippen LogP contribution < -0.4 is 5.56 Å². The zero-order valence-corrected chi connectivity index (χ0v) is 15.9. The van der Waals surface area contributed by atoms with Gasteiger partial charge in [-0.2, -0.15) is 0 Å². The van der Waals surface area contributed by atoms with Gasteiger partial charge in [0.05, 0.1) is 6.04 Å². The average Bonchev–Trinajstić information content (AvgIpc) is 2.62. The predicted octanol–water partition coefficient (Wildman–Crippen LogP) is 3.68. The monoisotopic (exact) mass is 363 g/mol. The number of carbonyl (C=O) groups excluding carboxylic acids is 1. The highest BCUT2D eigenvalue weighted by Gasteiger charge is 2.34. The summed E-state index contributed by atoms with van der Waals surface area (Å²) < 4.78 is 1.49. The van der Waals surface area contributed by atoms with Crippen LogP contribution in [0.25, 0.3) is 5.65 Å². The Morgan fingerprint density at radius 3 is 2.70 bits per heavy atom. The van der Waals surface area contributed by atoms with Crippen LogP contribution in [0.2, 0.25) is 0 Å². The molecule has 0 saturated heterocycles. The molecule has 0 aliphatic carbocycles. The van der Waals surface area contributed by atoms with E-state index in [2.05, 4.69) is 31.1 Å². The third-order valence-corrected chi connectivity index (χ3v) is 5.02. The van der Waals surface area contributed by atoms with Gasteiger partial charge in [0, 0.05) is 17.9 Å². The Labute approximate surface area is 159 Å². The van der Waals surface area contributed by atoms with Gasteiger partial charge in [-0.05, 0) is 45.2 Å². The Balaban J connectivity index is 2.11. The maximum Gasteiger partial charge on any atom is 0.270 e. The quantitative estimate of drug-likeness (QED) is 0.762. The van der Waals surface area contributed by atoms with E-state index in [-0.39, 0.29) is 29.1 Å². The van der Waals surface area contributed by atoms with Gasteiger partial charge in [0.2, 0.25) is 0 Å². The van der Waals surface area contributed by atoms with Gasteiger partial charge in [-0.25, -0.2) is 4.98 Å². The largest absolute Gasteiger partial charge is 0.328 e. The lowest BCUT2D eigenvalue weighted by molar-refractivity contribution is 0.0599. The molecular weight excluding hydrogens is 338 g/mol. The molecule has 2 aromatic rings. The molecule has 3 rings (SSSR count). The van der Waals surface area contributed by atoms with Crippen molar-refractivity contribution in [1.29, 1.82) is 0 Å². The molecule has 0 aromatic carbocycles. The van der Waals surface area contributed by atoms with E-state index in [0.29, 0.717) is 18.5 Å². The third-order valence-electron chi connectivity index (χ3n) is 5.02. The molecule has 0 unspecified atom stereocenters. The number of fused-ring (bicyclic) bond motifs is 1. The molecule has 1 aliphatic heterocycles. The molecule has 0 radical (unpaired) electrons. The minimum absolute atomic E-state index is 0.0260. The second-order valence-corrected chi connectivity index (χ2v) is 7.04. The van der Waals surface area contributed by atoms with Crippen molar-refractivity contribution >= 4 is 11.6 Å². The van der Waals surface area contributed by atoms with Crippen molar-refractivity contribution in [1.82, 2.24) is 14.3 Å². The molecule has 5 nitrogen and oxygen atoms in total. The Morgan fingerprint density at radius 1 is 1.26 bits per heavy atom. The van der Waals surface area contributed by atoms with Crippen molar-refractivity contribution in [2.24, 2.45) is 0 Å². The van der Waals surface area contributed by atoms with Crippen LogP contribution in [0, 0.1) is 6.92 Å². The van der Waals surface area contributed by atoms with Crippen LogP contribution in [0.1, 0.15) is 42.2 Å². The minimum atomic E-state index is -0.330. The molecule has 0 spiro atoms. The fourth-order valence-corrected chi connectivity index (χ4v) is 3.84. The lowest BCUT2D eigenvalue weighted by Gasteiger charge is -2.40. The number of nitrogens with zero attached hydrogens (tertiary/aromatic N) is 3. The van der Waals surface area contributed by atoms with Crippen molar-refractivity contribution in [3.05, 3.63) is 83.0 Å². The molecule has 0 saturated carbocycles. The molecule has 5 heteroatoms. The summed E-state index contributed by atoms with van der Waals surface area (Å²) in [7, 11) is 0. The topological polar surface area (TPSA) is 54.7 Å². The van der Waals surface area contributed by atoms with Gasteiger partial charge in [0.1, 0.15) is 11.2 Å². The molecule has 0 bridgehead atoms. The summed E-state index contributed by atoms with van der Waals surface area (Å²) >= 11 is 0. The molecule has 2 aromatic heterocycles. The summed E-state index contributed by atoms with van der Waals surface area (Å²) in [5, 5.41) is 0. The van der Waals surface area contributed by atoms with Crippen LogP contribution in [0.5, 0.6) is 0 Å². The van der Waals surface area contributed by atoms with E-state index >= 15 is 0 Å². The molecule has 1 aliphatic rings. The second kappa shape index (κ2) is 7.74. The van der Waals surface area contributed by atoms with Gasteiger partial charge in [0.25, 0.3) is 11.5 Å². The predicted molar refractivity (Wildman–Crippen MR) is 108 cm³/mol. The number of aryl methyl sites for hydroxylation is 1. The zero-order chi connectivity index (χ0) is 19.6. The number of hydrogen-bond acceptors (Lipinski definition) is 3. The third kappa shape index (κ3) is 3.50. The highest BCUT2D eigenvalue weighted by molar-refractivity contribution is 5.94. The van der Waals surface area contributed by atoms with Gasteiger partial charge >= 0.3 is 0 Å². The summed E-state index contributed by atoms with van der Waals surface area (Å²) in [6, 6.07) is 5.29. The van der Waals surface area contributed by atoms with Gasteiger partial charge in [-0.3, -0.25) is 14.0 Å². The van der Waals surface area contributed by atoms with Gasteiger partial charge in [0.15, 0.2) is 0 Å². The molecule has 0 fully saturated rings.